The number of benzene rings is 1. The molecule has 1 aromatic heterocycles. The first-order valence-corrected chi connectivity index (χ1v) is 10.2. The summed E-state index contributed by atoms with van der Waals surface area (Å²) < 4.78 is 11.0. The lowest BCUT2D eigenvalue weighted by Crippen LogP contribution is -2.42. The van der Waals surface area contributed by atoms with Gasteiger partial charge in [-0.2, -0.15) is 0 Å². The minimum atomic E-state index is -1.01. The normalized spacial score (nSPS) is 28.0. The molecule has 2 aromatic rings. The van der Waals surface area contributed by atoms with Crippen LogP contribution in [0, 0.1) is 6.92 Å². The number of nitrogens with zero attached hydrogens (tertiary/aromatic N) is 1. The Bertz CT molecular complexity index is 884. The number of Topliss-reactive ketones (excluding diaryl/α,β-unsaturated/α-hetero) is 1. The molecule has 2 heterocycles. The van der Waals surface area contributed by atoms with Gasteiger partial charge in [0.15, 0.2) is 17.3 Å². The molecular weight excluding hydrogens is 386 g/mol. The van der Waals surface area contributed by atoms with Gasteiger partial charge in [0.05, 0.1) is 11.8 Å². The molecule has 0 N–H and O–H groups in total. The Hall–Kier alpha value is -1.76. The lowest BCUT2D eigenvalue weighted by Gasteiger charge is -2.33. The minimum Gasteiger partial charge on any atom is -0.450 e. The number of hydrogen-bond acceptors (Lipinski definition) is 6. The molecule has 1 aromatic carbocycles. The van der Waals surface area contributed by atoms with Gasteiger partial charge in [0, 0.05) is 22.6 Å². The Morgan fingerprint density at radius 2 is 1.89 bits per heavy atom. The van der Waals surface area contributed by atoms with Crippen molar-refractivity contribution in [2.45, 2.75) is 50.2 Å². The standard InChI is InChI=1S/C20H20ClNO4S/c1-11-16(22-18(27-11)12-3-5-13(21)6-4-12)15-17(23)20(26-19(15)24)9-7-14(25-2)8-10-20/h3-6,14-15H,7-10H2,1-2H3. The molecule has 2 aliphatic rings. The highest BCUT2D eigenvalue weighted by molar-refractivity contribution is 7.15. The van der Waals surface area contributed by atoms with E-state index in [1.165, 1.54) is 11.3 Å². The van der Waals surface area contributed by atoms with Crippen molar-refractivity contribution in [2.24, 2.45) is 0 Å². The van der Waals surface area contributed by atoms with Crippen LogP contribution in [-0.4, -0.2) is 35.6 Å². The second-order valence-electron chi connectivity index (χ2n) is 7.12. The van der Waals surface area contributed by atoms with E-state index in [0.717, 1.165) is 15.4 Å². The average Bonchev–Trinajstić information content (AvgIpc) is 3.14. The van der Waals surface area contributed by atoms with Crippen LogP contribution in [0.4, 0.5) is 0 Å². The van der Waals surface area contributed by atoms with Gasteiger partial charge in [-0.15, -0.1) is 11.3 Å². The molecule has 27 heavy (non-hydrogen) atoms. The van der Waals surface area contributed by atoms with E-state index < -0.39 is 17.5 Å². The van der Waals surface area contributed by atoms with E-state index in [2.05, 4.69) is 4.98 Å². The fourth-order valence-corrected chi connectivity index (χ4v) is 5.02. The Morgan fingerprint density at radius 1 is 1.22 bits per heavy atom. The van der Waals surface area contributed by atoms with Crippen LogP contribution in [0.2, 0.25) is 5.02 Å². The predicted molar refractivity (Wildman–Crippen MR) is 103 cm³/mol. The lowest BCUT2D eigenvalue weighted by molar-refractivity contribution is -0.157. The highest BCUT2D eigenvalue weighted by atomic mass is 35.5. The maximum atomic E-state index is 13.2. The van der Waals surface area contributed by atoms with Gasteiger partial charge in [-0.05, 0) is 44.7 Å². The van der Waals surface area contributed by atoms with Crippen molar-refractivity contribution in [2.75, 3.05) is 7.11 Å². The number of carbonyl (C=O) groups excluding carboxylic acids is 2. The average molecular weight is 406 g/mol. The predicted octanol–water partition coefficient (Wildman–Crippen LogP) is 4.31. The zero-order chi connectivity index (χ0) is 19.2. The van der Waals surface area contributed by atoms with E-state index in [0.29, 0.717) is 36.4 Å². The number of thiazole rings is 1. The topological polar surface area (TPSA) is 65.5 Å². The van der Waals surface area contributed by atoms with Gasteiger partial charge in [-0.25, -0.2) is 4.98 Å². The number of methoxy groups -OCH3 is 1. The Labute approximate surface area is 166 Å². The van der Waals surface area contributed by atoms with Gasteiger partial charge in [0.2, 0.25) is 0 Å². The third-order valence-electron chi connectivity index (χ3n) is 5.51. The van der Waals surface area contributed by atoms with Crippen LogP contribution in [0.5, 0.6) is 0 Å². The number of esters is 1. The molecule has 2 fully saturated rings. The molecule has 7 heteroatoms. The van der Waals surface area contributed by atoms with Crippen LogP contribution >= 0.6 is 22.9 Å². The second kappa shape index (κ2) is 7.00. The molecule has 1 saturated heterocycles. The van der Waals surface area contributed by atoms with Crippen molar-refractivity contribution in [3.63, 3.8) is 0 Å². The molecule has 1 aliphatic carbocycles. The van der Waals surface area contributed by atoms with Crippen LogP contribution in [0.25, 0.3) is 10.6 Å². The van der Waals surface area contributed by atoms with Crippen molar-refractivity contribution < 1.29 is 19.1 Å². The number of hydrogen-bond donors (Lipinski definition) is 0. The summed E-state index contributed by atoms with van der Waals surface area (Å²) >= 11 is 7.42. The van der Waals surface area contributed by atoms with Crippen LogP contribution in [0.3, 0.4) is 0 Å². The first-order chi connectivity index (χ1) is 12.9. The Kier molecular flexibility index (Phi) is 4.82. The number of ketones is 1. The Balaban J connectivity index is 1.63. The molecule has 5 nitrogen and oxygen atoms in total. The Morgan fingerprint density at radius 3 is 2.52 bits per heavy atom. The number of halogens is 1. The first kappa shape index (κ1) is 18.6. The molecule has 1 atom stereocenters. The molecule has 1 aliphatic heterocycles. The number of rotatable bonds is 3. The van der Waals surface area contributed by atoms with E-state index in [-0.39, 0.29) is 11.9 Å². The van der Waals surface area contributed by atoms with Gasteiger partial charge in [0.1, 0.15) is 5.01 Å². The van der Waals surface area contributed by atoms with Crippen molar-refractivity contribution >= 4 is 34.7 Å². The summed E-state index contributed by atoms with van der Waals surface area (Å²) in [5.41, 5.74) is 0.423. The van der Waals surface area contributed by atoms with Crippen molar-refractivity contribution in [3.05, 3.63) is 39.9 Å². The van der Waals surface area contributed by atoms with E-state index in [1.54, 1.807) is 19.2 Å². The fourth-order valence-electron chi connectivity index (χ4n) is 3.94. The highest BCUT2D eigenvalue weighted by Gasteiger charge is 2.57. The lowest BCUT2D eigenvalue weighted by atomic mass is 9.78. The molecule has 0 bridgehead atoms. The number of aryl methyl sites for hydroxylation is 1. The molecular formula is C20H20ClNO4S. The summed E-state index contributed by atoms with van der Waals surface area (Å²) in [6.07, 6.45) is 2.58. The van der Waals surface area contributed by atoms with Gasteiger partial charge < -0.3 is 9.47 Å². The minimum absolute atomic E-state index is 0.124. The van der Waals surface area contributed by atoms with Gasteiger partial charge >= 0.3 is 5.97 Å². The van der Waals surface area contributed by atoms with E-state index in [1.807, 2.05) is 19.1 Å². The van der Waals surface area contributed by atoms with Gasteiger partial charge in [-0.1, -0.05) is 23.7 Å². The van der Waals surface area contributed by atoms with Crippen molar-refractivity contribution in [3.8, 4) is 10.6 Å². The molecule has 0 amide bonds. The van der Waals surface area contributed by atoms with Gasteiger partial charge in [-0.3, -0.25) is 9.59 Å². The number of ether oxygens (including phenoxy) is 2. The van der Waals surface area contributed by atoms with Crippen molar-refractivity contribution in [1.82, 2.24) is 4.98 Å². The van der Waals surface area contributed by atoms with Crippen LogP contribution < -0.4 is 0 Å². The van der Waals surface area contributed by atoms with Crippen LogP contribution in [0.1, 0.15) is 42.2 Å². The van der Waals surface area contributed by atoms with E-state index >= 15 is 0 Å². The fraction of sp³-hybridized carbons (Fsp3) is 0.450. The zero-order valence-electron chi connectivity index (χ0n) is 15.2. The summed E-state index contributed by atoms with van der Waals surface area (Å²) in [5.74, 6) is -1.56. The van der Waals surface area contributed by atoms with Crippen molar-refractivity contribution in [1.29, 1.82) is 0 Å². The first-order valence-electron chi connectivity index (χ1n) is 8.97. The maximum Gasteiger partial charge on any atom is 0.323 e. The largest absolute Gasteiger partial charge is 0.450 e. The summed E-state index contributed by atoms with van der Waals surface area (Å²) in [4.78, 5) is 31.3. The second-order valence-corrected chi connectivity index (χ2v) is 8.75. The molecule has 1 spiro atoms. The quantitative estimate of drug-likeness (QED) is 0.562. The molecule has 142 valence electrons. The van der Waals surface area contributed by atoms with Gasteiger partial charge in [0.25, 0.3) is 0 Å². The molecule has 4 rings (SSSR count). The highest BCUT2D eigenvalue weighted by Crippen LogP contribution is 2.45. The summed E-state index contributed by atoms with van der Waals surface area (Å²) in [6, 6.07) is 7.36. The number of aromatic nitrogens is 1. The molecule has 1 saturated carbocycles. The zero-order valence-corrected chi connectivity index (χ0v) is 16.7. The monoisotopic (exact) mass is 405 g/mol. The molecule has 0 radical (unpaired) electrons. The SMILES string of the molecule is COC1CCC2(CC1)OC(=O)C(c1nc(-c3ccc(Cl)cc3)sc1C)C2=O. The summed E-state index contributed by atoms with van der Waals surface area (Å²) in [5, 5.41) is 1.42. The summed E-state index contributed by atoms with van der Waals surface area (Å²) in [6.45, 7) is 1.89. The summed E-state index contributed by atoms with van der Waals surface area (Å²) in [7, 11) is 1.67. The van der Waals surface area contributed by atoms with Crippen LogP contribution in [-0.2, 0) is 19.1 Å². The maximum absolute atomic E-state index is 13.2. The van der Waals surface area contributed by atoms with E-state index in [9.17, 15) is 9.59 Å². The van der Waals surface area contributed by atoms with E-state index in [4.69, 9.17) is 21.1 Å². The third-order valence-corrected chi connectivity index (χ3v) is 6.80. The number of carbonyl (C=O) groups is 2. The smallest absolute Gasteiger partial charge is 0.323 e. The van der Waals surface area contributed by atoms with Crippen LogP contribution in [0.15, 0.2) is 24.3 Å². The molecule has 1 unspecified atom stereocenters. The third kappa shape index (κ3) is 3.20.